The van der Waals surface area contributed by atoms with Crippen LogP contribution in [-0.2, 0) is 9.53 Å². The summed E-state index contributed by atoms with van der Waals surface area (Å²) in [4.78, 5) is 11.7. The van der Waals surface area contributed by atoms with Crippen molar-refractivity contribution >= 4 is 18.3 Å². The second-order valence-corrected chi connectivity index (χ2v) is 4.59. The van der Waals surface area contributed by atoms with Crippen molar-refractivity contribution in [3.05, 3.63) is 0 Å². The van der Waals surface area contributed by atoms with Crippen LogP contribution < -0.4 is 10.6 Å². The Balaban J connectivity index is 0.00000128. The molecule has 2 saturated heterocycles. The molecular formula is C11H21ClN2O2. The van der Waals surface area contributed by atoms with E-state index in [-0.39, 0.29) is 30.3 Å². The van der Waals surface area contributed by atoms with Crippen LogP contribution in [0.15, 0.2) is 0 Å². The van der Waals surface area contributed by atoms with Crippen LogP contribution in [0.25, 0.3) is 0 Å². The zero-order valence-corrected chi connectivity index (χ0v) is 10.5. The first-order valence-corrected chi connectivity index (χ1v) is 5.87. The number of ether oxygens (including phenoxy) is 1. The predicted molar refractivity (Wildman–Crippen MR) is 64.8 cm³/mol. The Morgan fingerprint density at radius 3 is 2.81 bits per heavy atom. The van der Waals surface area contributed by atoms with E-state index in [4.69, 9.17) is 4.74 Å². The van der Waals surface area contributed by atoms with Crippen LogP contribution in [0.1, 0.15) is 19.8 Å². The minimum Gasteiger partial charge on any atom is -0.376 e. The number of carbonyl (C=O) groups is 1. The number of hydrogen-bond donors (Lipinski definition) is 2. The highest BCUT2D eigenvalue weighted by atomic mass is 35.5. The van der Waals surface area contributed by atoms with Crippen molar-refractivity contribution in [3.8, 4) is 0 Å². The van der Waals surface area contributed by atoms with Gasteiger partial charge in [-0.15, -0.1) is 12.4 Å². The van der Waals surface area contributed by atoms with Gasteiger partial charge in [0.15, 0.2) is 0 Å². The van der Waals surface area contributed by atoms with Gasteiger partial charge in [-0.3, -0.25) is 4.79 Å². The lowest BCUT2D eigenvalue weighted by Gasteiger charge is -2.31. The lowest BCUT2D eigenvalue weighted by Crippen LogP contribution is -2.50. The van der Waals surface area contributed by atoms with Crippen LogP contribution >= 0.6 is 12.4 Å². The van der Waals surface area contributed by atoms with Crippen molar-refractivity contribution in [2.45, 2.75) is 25.9 Å². The molecule has 2 atom stereocenters. The molecule has 0 aromatic rings. The van der Waals surface area contributed by atoms with E-state index in [0.717, 1.165) is 32.5 Å². The summed E-state index contributed by atoms with van der Waals surface area (Å²) in [6.45, 7) is 5.51. The van der Waals surface area contributed by atoms with Crippen molar-refractivity contribution in [1.29, 1.82) is 0 Å². The van der Waals surface area contributed by atoms with Crippen LogP contribution in [-0.4, -0.2) is 38.3 Å². The summed E-state index contributed by atoms with van der Waals surface area (Å²) < 4.78 is 5.46. The molecule has 0 radical (unpaired) electrons. The molecule has 2 rings (SSSR count). The lowest BCUT2D eigenvalue weighted by atomic mass is 9.88. The Kier molecular flexibility index (Phi) is 5.52. The highest BCUT2D eigenvalue weighted by molar-refractivity contribution is 5.85. The zero-order chi connectivity index (χ0) is 10.7. The number of carbonyl (C=O) groups excluding carboxylic acids is 1. The van der Waals surface area contributed by atoms with E-state index >= 15 is 0 Å². The lowest BCUT2D eigenvalue weighted by molar-refractivity contribution is -0.127. The van der Waals surface area contributed by atoms with Crippen molar-refractivity contribution in [2.75, 3.05) is 26.2 Å². The fourth-order valence-electron chi connectivity index (χ4n) is 2.06. The van der Waals surface area contributed by atoms with Crippen LogP contribution in [0.2, 0.25) is 0 Å². The molecule has 0 aliphatic carbocycles. The second kappa shape index (κ2) is 6.42. The summed E-state index contributed by atoms with van der Waals surface area (Å²) in [6, 6.07) is 0. The van der Waals surface area contributed by atoms with Gasteiger partial charge in [-0.25, -0.2) is 0 Å². The molecule has 2 aliphatic rings. The second-order valence-electron chi connectivity index (χ2n) is 4.59. The van der Waals surface area contributed by atoms with Gasteiger partial charge in [-0.1, -0.05) is 6.92 Å². The summed E-state index contributed by atoms with van der Waals surface area (Å²) in [5.74, 6) is 0.833. The fourth-order valence-corrected chi connectivity index (χ4v) is 2.06. The molecule has 4 nitrogen and oxygen atoms in total. The summed E-state index contributed by atoms with van der Waals surface area (Å²) in [7, 11) is 0. The van der Waals surface area contributed by atoms with E-state index < -0.39 is 0 Å². The average Bonchev–Trinajstić information content (AvgIpc) is 2.63. The summed E-state index contributed by atoms with van der Waals surface area (Å²) in [5.41, 5.74) is 0. The molecule has 1 amide bonds. The molecule has 2 aliphatic heterocycles. The third kappa shape index (κ3) is 3.34. The molecule has 2 heterocycles. The van der Waals surface area contributed by atoms with Gasteiger partial charge in [-0.05, 0) is 31.8 Å². The van der Waals surface area contributed by atoms with Crippen LogP contribution in [0.4, 0.5) is 0 Å². The van der Waals surface area contributed by atoms with Gasteiger partial charge in [0.25, 0.3) is 0 Å². The summed E-state index contributed by atoms with van der Waals surface area (Å²) in [6.07, 6.45) is 2.46. The number of amides is 1. The van der Waals surface area contributed by atoms with E-state index in [9.17, 15) is 4.79 Å². The van der Waals surface area contributed by atoms with E-state index in [1.165, 1.54) is 0 Å². The molecule has 0 aromatic heterocycles. The van der Waals surface area contributed by atoms with Crippen molar-refractivity contribution < 1.29 is 9.53 Å². The van der Waals surface area contributed by atoms with E-state index in [1.807, 2.05) is 6.92 Å². The Morgan fingerprint density at radius 2 is 2.31 bits per heavy atom. The summed E-state index contributed by atoms with van der Waals surface area (Å²) >= 11 is 0. The minimum absolute atomic E-state index is 0. The Morgan fingerprint density at radius 1 is 1.56 bits per heavy atom. The third-order valence-electron chi connectivity index (χ3n) is 3.46. The molecule has 94 valence electrons. The molecule has 0 aromatic carbocycles. The average molecular weight is 249 g/mol. The number of hydrogen-bond acceptors (Lipinski definition) is 3. The molecule has 2 unspecified atom stereocenters. The number of rotatable bonds is 4. The first-order valence-electron chi connectivity index (χ1n) is 5.87. The quantitative estimate of drug-likeness (QED) is 0.765. The number of nitrogens with one attached hydrogen (secondary N) is 2. The van der Waals surface area contributed by atoms with E-state index in [1.54, 1.807) is 0 Å². The van der Waals surface area contributed by atoms with Gasteiger partial charge in [-0.2, -0.15) is 0 Å². The molecular weight excluding hydrogens is 228 g/mol. The monoisotopic (exact) mass is 248 g/mol. The Bertz CT molecular complexity index is 228. The fraction of sp³-hybridized carbons (Fsp3) is 0.909. The molecule has 0 saturated carbocycles. The van der Waals surface area contributed by atoms with Gasteiger partial charge < -0.3 is 15.4 Å². The maximum Gasteiger partial charge on any atom is 0.223 e. The van der Waals surface area contributed by atoms with Crippen molar-refractivity contribution in [1.82, 2.24) is 10.6 Å². The van der Waals surface area contributed by atoms with Gasteiger partial charge in [0.1, 0.15) is 0 Å². The zero-order valence-electron chi connectivity index (χ0n) is 9.70. The molecule has 0 bridgehead atoms. The van der Waals surface area contributed by atoms with E-state index in [2.05, 4.69) is 10.6 Å². The van der Waals surface area contributed by atoms with Crippen LogP contribution in [0.3, 0.4) is 0 Å². The molecule has 5 heteroatoms. The first kappa shape index (κ1) is 13.7. The smallest absolute Gasteiger partial charge is 0.223 e. The maximum atomic E-state index is 11.7. The first-order chi connectivity index (χ1) is 7.27. The molecule has 0 spiro atoms. The topological polar surface area (TPSA) is 50.4 Å². The third-order valence-corrected chi connectivity index (χ3v) is 3.46. The predicted octanol–water partition coefficient (Wildman–Crippen LogP) is 0.559. The van der Waals surface area contributed by atoms with Gasteiger partial charge in [0.05, 0.1) is 6.10 Å². The Labute approximate surface area is 103 Å². The van der Waals surface area contributed by atoms with Crippen LogP contribution in [0, 0.1) is 11.8 Å². The van der Waals surface area contributed by atoms with Gasteiger partial charge in [0, 0.05) is 19.1 Å². The minimum atomic E-state index is 0. The van der Waals surface area contributed by atoms with Gasteiger partial charge in [0.2, 0.25) is 5.91 Å². The van der Waals surface area contributed by atoms with Crippen LogP contribution in [0.5, 0.6) is 0 Å². The molecule has 2 fully saturated rings. The summed E-state index contributed by atoms with van der Waals surface area (Å²) in [5, 5.41) is 6.17. The molecule has 16 heavy (non-hydrogen) atoms. The highest BCUT2D eigenvalue weighted by Crippen LogP contribution is 2.16. The number of halogens is 1. The standard InChI is InChI=1S/C11H20N2O2.ClH/c1-8(9-5-12-6-9)11(14)13-7-10-3-2-4-15-10;/h8-10,12H,2-7H2,1H3,(H,13,14);1H. The largest absolute Gasteiger partial charge is 0.376 e. The highest BCUT2D eigenvalue weighted by Gasteiger charge is 2.29. The van der Waals surface area contributed by atoms with Crippen molar-refractivity contribution in [2.24, 2.45) is 11.8 Å². The normalized spacial score (nSPS) is 26.7. The molecule has 2 N–H and O–H groups in total. The van der Waals surface area contributed by atoms with Gasteiger partial charge >= 0.3 is 0 Å². The SMILES string of the molecule is CC(C(=O)NCC1CCCO1)C1CNC1.Cl. The maximum absolute atomic E-state index is 11.7. The van der Waals surface area contributed by atoms with E-state index in [0.29, 0.717) is 12.5 Å². The Hall–Kier alpha value is -0.320. The van der Waals surface area contributed by atoms with Crippen molar-refractivity contribution in [3.63, 3.8) is 0 Å².